The average Bonchev–Trinajstić information content (AvgIpc) is 2.79. The normalized spacial score (nSPS) is 41.7. The van der Waals surface area contributed by atoms with Gasteiger partial charge in [0.05, 0.1) is 11.7 Å². The Kier molecular flexibility index (Phi) is 2.71. The Morgan fingerprint density at radius 1 is 1.21 bits per heavy atom. The number of nitrogens with two attached hydrogens (primary N) is 1. The quantitative estimate of drug-likeness (QED) is 0.645. The molecule has 0 radical (unpaired) electrons. The second-order valence-electron chi connectivity index (χ2n) is 7.07. The van der Waals surface area contributed by atoms with Crippen LogP contribution in [0.25, 0.3) is 0 Å². The van der Waals surface area contributed by atoms with Crippen molar-refractivity contribution in [3.63, 3.8) is 0 Å². The number of hydrazine groups is 1. The number of hydrogen-bond donors (Lipinski definition) is 2. The second kappa shape index (κ2) is 4.32. The van der Waals surface area contributed by atoms with Crippen molar-refractivity contribution in [2.24, 2.45) is 42.5 Å². The van der Waals surface area contributed by atoms with Gasteiger partial charge in [0.1, 0.15) is 0 Å². The molecule has 4 fully saturated rings. The highest BCUT2D eigenvalue weighted by Gasteiger charge is 2.50. The van der Waals surface area contributed by atoms with E-state index in [0.717, 1.165) is 29.4 Å². The van der Waals surface area contributed by atoms with E-state index in [9.17, 15) is 0 Å². The van der Waals surface area contributed by atoms with Gasteiger partial charge in [-0.2, -0.15) is 5.10 Å². The molecule has 4 aliphatic carbocycles. The SMILES string of the molecule is Cn1ccc(C(NN)C2C3CC4CC(C3)CC2C4)n1. The molecule has 3 N–H and O–H groups in total. The fraction of sp³-hybridized carbons (Fsp3) is 0.800. The summed E-state index contributed by atoms with van der Waals surface area (Å²) >= 11 is 0. The molecule has 1 atom stereocenters. The molecule has 0 amide bonds. The summed E-state index contributed by atoms with van der Waals surface area (Å²) in [4.78, 5) is 0. The van der Waals surface area contributed by atoms with Crippen LogP contribution in [0.3, 0.4) is 0 Å². The lowest BCUT2D eigenvalue weighted by Gasteiger charge is -2.56. The van der Waals surface area contributed by atoms with E-state index in [2.05, 4.69) is 16.6 Å². The number of aromatic nitrogens is 2. The lowest BCUT2D eigenvalue weighted by Crippen LogP contribution is -2.50. The van der Waals surface area contributed by atoms with Crippen LogP contribution in [-0.2, 0) is 7.05 Å². The third kappa shape index (κ3) is 1.84. The molecule has 19 heavy (non-hydrogen) atoms. The molecular formula is C15H24N4. The summed E-state index contributed by atoms with van der Waals surface area (Å²) < 4.78 is 1.88. The van der Waals surface area contributed by atoms with E-state index in [1.165, 1.54) is 32.1 Å². The zero-order valence-corrected chi connectivity index (χ0v) is 11.6. The first kappa shape index (κ1) is 11.9. The molecule has 0 aliphatic heterocycles. The highest BCUT2D eigenvalue weighted by Crippen LogP contribution is 2.59. The Labute approximate surface area is 114 Å². The van der Waals surface area contributed by atoms with E-state index in [4.69, 9.17) is 5.84 Å². The van der Waals surface area contributed by atoms with Crippen molar-refractivity contribution in [2.75, 3.05) is 0 Å². The summed E-state index contributed by atoms with van der Waals surface area (Å²) in [5.41, 5.74) is 4.21. The van der Waals surface area contributed by atoms with Crippen LogP contribution in [0.2, 0.25) is 0 Å². The van der Waals surface area contributed by atoms with Crippen LogP contribution in [0.15, 0.2) is 12.3 Å². The standard InChI is InChI=1S/C15H24N4/c1-19-3-2-13(18-19)15(17-16)14-11-5-9-4-10(7-11)8-12(14)6-9/h2-3,9-12,14-15,17H,4-8,16H2,1H3. The van der Waals surface area contributed by atoms with Crippen LogP contribution in [0.1, 0.15) is 43.8 Å². The van der Waals surface area contributed by atoms with Gasteiger partial charge in [-0.1, -0.05) is 0 Å². The fourth-order valence-electron chi connectivity index (χ4n) is 5.50. The molecule has 1 unspecified atom stereocenters. The lowest BCUT2D eigenvalue weighted by atomic mass is 9.50. The van der Waals surface area contributed by atoms with E-state index in [1.54, 1.807) is 0 Å². The fourth-order valence-corrected chi connectivity index (χ4v) is 5.50. The highest BCUT2D eigenvalue weighted by atomic mass is 15.3. The molecule has 1 heterocycles. The van der Waals surface area contributed by atoms with Crippen LogP contribution in [0.4, 0.5) is 0 Å². The Balaban J connectivity index is 1.63. The van der Waals surface area contributed by atoms with Crippen molar-refractivity contribution < 1.29 is 0 Å². The van der Waals surface area contributed by atoms with Crippen LogP contribution in [-0.4, -0.2) is 9.78 Å². The molecule has 4 aliphatic rings. The first-order valence-electron chi connectivity index (χ1n) is 7.70. The van der Waals surface area contributed by atoms with Crippen LogP contribution in [0.5, 0.6) is 0 Å². The maximum atomic E-state index is 5.89. The number of nitrogens with one attached hydrogen (secondary N) is 1. The maximum absolute atomic E-state index is 5.89. The smallest absolute Gasteiger partial charge is 0.0810 e. The number of aryl methyl sites for hydroxylation is 1. The Morgan fingerprint density at radius 3 is 2.32 bits per heavy atom. The largest absolute Gasteiger partial charge is 0.275 e. The summed E-state index contributed by atoms with van der Waals surface area (Å²) in [7, 11) is 1.98. The number of nitrogens with zero attached hydrogens (tertiary/aromatic N) is 2. The predicted octanol–water partition coefficient (Wildman–Crippen LogP) is 2.00. The molecule has 0 saturated heterocycles. The zero-order valence-electron chi connectivity index (χ0n) is 11.6. The minimum Gasteiger partial charge on any atom is -0.275 e. The van der Waals surface area contributed by atoms with Gasteiger partial charge in [-0.3, -0.25) is 16.0 Å². The molecule has 0 aromatic carbocycles. The van der Waals surface area contributed by atoms with Gasteiger partial charge in [0, 0.05) is 13.2 Å². The van der Waals surface area contributed by atoms with Crippen molar-refractivity contribution in [1.82, 2.24) is 15.2 Å². The van der Waals surface area contributed by atoms with E-state index >= 15 is 0 Å². The number of hydrogen-bond acceptors (Lipinski definition) is 3. The van der Waals surface area contributed by atoms with E-state index in [-0.39, 0.29) is 6.04 Å². The maximum Gasteiger partial charge on any atom is 0.0810 e. The lowest BCUT2D eigenvalue weighted by molar-refractivity contribution is -0.0532. The molecule has 0 spiro atoms. The van der Waals surface area contributed by atoms with Gasteiger partial charge in [-0.15, -0.1) is 0 Å². The monoisotopic (exact) mass is 260 g/mol. The van der Waals surface area contributed by atoms with Crippen LogP contribution >= 0.6 is 0 Å². The second-order valence-corrected chi connectivity index (χ2v) is 7.07. The summed E-state index contributed by atoms with van der Waals surface area (Å²) in [6, 6.07) is 2.37. The van der Waals surface area contributed by atoms with Crippen molar-refractivity contribution in [3.05, 3.63) is 18.0 Å². The Morgan fingerprint density at radius 2 is 1.84 bits per heavy atom. The minimum absolute atomic E-state index is 0.246. The van der Waals surface area contributed by atoms with Gasteiger partial charge in [-0.05, 0) is 67.8 Å². The van der Waals surface area contributed by atoms with E-state index in [1.807, 2.05) is 17.9 Å². The molecule has 4 saturated carbocycles. The Bertz CT molecular complexity index is 438. The molecule has 4 nitrogen and oxygen atoms in total. The highest BCUT2D eigenvalue weighted by molar-refractivity contribution is 5.11. The molecule has 1 aromatic heterocycles. The average molecular weight is 260 g/mol. The molecule has 4 bridgehead atoms. The first-order valence-corrected chi connectivity index (χ1v) is 7.70. The topological polar surface area (TPSA) is 55.9 Å². The Hall–Kier alpha value is -0.870. The van der Waals surface area contributed by atoms with Gasteiger partial charge in [0.15, 0.2) is 0 Å². The van der Waals surface area contributed by atoms with E-state index < -0.39 is 0 Å². The van der Waals surface area contributed by atoms with Gasteiger partial charge in [0.25, 0.3) is 0 Å². The van der Waals surface area contributed by atoms with Crippen molar-refractivity contribution in [2.45, 2.75) is 38.1 Å². The van der Waals surface area contributed by atoms with Crippen LogP contribution in [0, 0.1) is 29.6 Å². The summed E-state index contributed by atoms with van der Waals surface area (Å²) in [5, 5.41) is 4.59. The van der Waals surface area contributed by atoms with Gasteiger partial charge >= 0.3 is 0 Å². The summed E-state index contributed by atoms with van der Waals surface area (Å²) in [5.74, 6) is 10.4. The first-order chi connectivity index (χ1) is 9.24. The molecule has 4 heteroatoms. The third-order valence-electron chi connectivity index (χ3n) is 5.92. The van der Waals surface area contributed by atoms with E-state index in [0.29, 0.717) is 5.92 Å². The molecule has 5 rings (SSSR count). The molecular weight excluding hydrogens is 236 g/mol. The van der Waals surface area contributed by atoms with Crippen molar-refractivity contribution in [1.29, 1.82) is 0 Å². The van der Waals surface area contributed by atoms with Crippen molar-refractivity contribution >= 4 is 0 Å². The number of rotatable bonds is 3. The van der Waals surface area contributed by atoms with Crippen LogP contribution < -0.4 is 11.3 Å². The van der Waals surface area contributed by atoms with Gasteiger partial charge in [-0.25, -0.2) is 0 Å². The zero-order chi connectivity index (χ0) is 13.0. The summed E-state index contributed by atoms with van der Waals surface area (Å²) in [6.07, 6.45) is 9.26. The van der Waals surface area contributed by atoms with Gasteiger partial charge < -0.3 is 0 Å². The van der Waals surface area contributed by atoms with Gasteiger partial charge in [0.2, 0.25) is 0 Å². The third-order valence-corrected chi connectivity index (χ3v) is 5.92. The van der Waals surface area contributed by atoms with Crippen molar-refractivity contribution in [3.8, 4) is 0 Å². The minimum atomic E-state index is 0.246. The predicted molar refractivity (Wildman–Crippen MR) is 73.8 cm³/mol. The summed E-state index contributed by atoms with van der Waals surface area (Å²) in [6.45, 7) is 0. The molecule has 1 aromatic rings. The molecule has 104 valence electrons.